The summed E-state index contributed by atoms with van der Waals surface area (Å²) in [5, 5.41) is 12.2. The van der Waals surface area contributed by atoms with Crippen molar-refractivity contribution in [2.45, 2.75) is 37.0 Å². The van der Waals surface area contributed by atoms with Crippen LogP contribution < -0.4 is 5.73 Å². The monoisotopic (exact) mass is 298 g/mol. The van der Waals surface area contributed by atoms with Crippen molar-refractivity contribution in [2.75, 3.05) is 11.5 Å². The lowest BCUT2D eigenvalue weighted by Crippen LogP contribution is -2.16. The van der Waals surface area contributed by atoms with Crippen LogP contribution >= 0.6 is 23.5 Å². The van der Waals surface area contributed by atoms with Crippen molar-refractivity contribution >= 4 is 29.4 Å². The number of hydrogen-bond acceptors (Lipinski definition) is 4. The molecular weight excluding hydrogens is 276 g/mol. The van der Waals surface area contributed by atoms with E-state index in [-0.39, 0.29) is 5.84 Å². The number of nitrogens with two attached hydrogens (primary N) is 1. The van der Waals surface area contributed by atoms with Gasteiger partial charge in [0.1, 0.15) is 0 Å². The minimum Gasteiger partial charge on any atom is -0.409 e. The molecular formula is C14H22N2OS2. The number of hydrogen-bond donors (Lipinski definition) is 2. The molecule has 0 fully saturated rings. The maximum Gasteiger partial charge on any atom is 0.172 e. The Kier molecular flexibility index (Phi) is 7.16. The van der Waals surface area contributed by atoms with Gasteiger partial charge in [-0.1, -0.05) is 38.4 Å². The largest absolute Gasteiger partial charge is 0.409 e. The molecule has 1 unspecified atom stereocenters. The molecule has 5 heteroatoms. The second-order valence-electron chi connectivity index (χ2n) is 4.37. The Morgan fingerprint density at radius 2 is 1.95 bits per heavy atom. The Bertz CT molecular complexity index is 435. The maximum atomic E-state index is 8.97. The van der Waals surface area contributed by atoms with E-state index in [9.17, 15) is 0 Å². The summed E-state index contributed by atoms with van der Waals surface area (Å²) in [5.41, 5.74) is 6.70. The number of oxime groups is 1. The van der Waals surface area contributed by atoms with E-state index in [0.29, 0.717) is 5.92 Å². The Morgan fingerprint density at radius 1 is 1.32 bits per heavy atom. The van der Waals surface area contributed by atoms with Gasteiger partial charge in [0.2, 0.25) is 0 Å². The van der Waals surface area contributed by atoms with Crippen molar-refractivity contribution in [1.29, 1.82) is 0 Å². The third-order valence-electron chi connectivity index (χ3n) is 2.87. The molecule has 0 radical (unpaired) electrons. The second kappa shape index (κ2) is 8.38. The van der Waals surface area contributed by atoms with Crippen molar-refractivity contribution in [3.8, 4) is 0 Å². The van der Waals surface area contributed by atoms with Crippen molar-refractivity contribution < 1.29 is 5.21 Å². The van der Waals surface area contributed by atoms with Crippen LogP contribution in [0.25, 0.3) is 0 Å². The van der Waals surface area contributed by atoms with Gasteiger partial charge in [0.25, 0.3) is 0 Å². The van der Waals surface area contributed by atoms with Crippen LogP contribution in [0.3, 0.4) is 0 Å². The summed E-state index contributed by atoms with van der Waals surface area (Å²) in [6.07, 6.45) is 1.16. The molecule has 0 spiro atoms. The SMILES string of the molecule is CCSc1cccc(SCC(C)CC)c1/C(N)=N/O. The van der Waals surface area contributed by atoms with Crippen LogP contribution in [-0.4, -0.2) is 22.5 Å². The average Bonchev–Trinajstić information content (AvgIpc) is 2.44. The van der Waals surface area contributed by atoms with Gasteiger partial charge in [-0.05, 0) is 23.8 Å². The molecule has 1 aromatic carbocycles. The van der Waals surface area contributed by atoms with E-state index in [1.165, 1.54) is 0 Å². The summed E-state index contributed by atoms with van der Waals surface area (Å²) < 4.78 is 0. The van der Waals surface area contributed by atoms with E-state index in [1.54, 1.807) is 23.5 Å². The second-order valence-corrected chi connectivity index (χ2v) is 6.74. The van der Waals surface area contributed by atoms with Crippen LogP contribution in [0.4, 0.5) is 0 Å². The molecule has 0 aliphatic carbocycles. The molecule has 106 valence electrons. The fourth-order valence-corrected chi connectivity index (χ4v) is 3.70. The smallest absolute Gasteiger partial charge is 0.172 e. The van der Waals surface area contributed by atoms with E-state index in [1.807, 2.05) is 18.2 Å². The highest BCUT2D eigenvalue weighted by atomic mass is 32.2. The topological polar surface area (TPSA) is 58.6 Å². The zero-order valence-electron chi connectivity index (χ0n) is 11.7. The number of rotatable bonds is 7. The van der Waals surface area contributed by atoms with Crippen LogP contribution in [0.15, 0.2) is 33.1 Å². The molecule has 0 amide bonds. The van der Waals surface area contributed by atoms with Gasteiger partial charge in [0, 0.05) is 21.1 Å². The van der Waals surface area contributed by atoms with Gasteiger partial charge in [-0.2, -0.15) is 0 Å². The van der Waals surface area contributed by atoms with Gasteiger partial charge in [0.05, 0.1) is 0 Å². The van der Waals surface area contributed by atoms with Crippen molar-refractivity contribution in [2.24, 2.45) is 16.8 Å². The zero-order chi connectivity index (χ0) is 14.3. The highest BCUT2D eigenvalue weighted by Crippen LogP contribution is 2.32. The average molecular weight is 298 g/mol. The standard InChI is InChI=1S/C14H22N2OS2/c1-4-10(3)9-19-12-8-6-7-11(18-5-2)13(12)14(15)16-17/h6-8,10,17H,4-5,9H2,1-3H3,(H2,15,16). The van der Waals surface area contributed by atoms with Gasteiger partial charge < -0.3 is 10.9 Å². The normalized spacial score (nSPS) is 13.5. The number of amidine groups is 1. The molecule has 0 aliphatic rings. The van der Waals surface area contributed by atoms with Gasteiger partial charge >= 0.3 is 0 Å². The first-order valence-corrected chi connectivity index (χ1v) is 8.47. The molecule has 1 aromatic rings. The minimum atomic E-state index is 0.197. The summed E-state index contributed by atoms with van der Waals surface area (Å²) in [6.45, 7) is 6.53. The van der Waals surface area contributed by atoms with Crippen LogP contribution in [0.5, 0.6) is 0 Å². The molecule has 3 N–H and O–H groups in total. The zero-order valence-corrected chi connectivity index (χ0v) is 13.4. The van der Waals surface area contributed by atoms with E-state index >= 15 is 0 Å². The van der Waals surface area contributed by atoms with Crippen molar-refractivity contribution in [3.63, 3.8) is 0 Å². The molecule has 0 saturated heterocycles. The lowest BCUT2D eigenvalue weighted by Gasteiger charge is -2.14. The van der Waals surface area contributed by atoms with Crippen molar-refractivity contribution in [3.05, 3.63) is 23.8 Å². The first-order valence-electron chi connectivity index (χ1n) is 6.50. The third-order valence-corrected chi connectivity index (χ3v) is 5.20. The molecule has 1 rings (SSSR count). The van der Waals surface area contributed by atoms with Gasteiger partial charge in [-0.15, -0.1) is 23.5 Å². The predicted molar refractivity (Wildman–Crippen MR) is 85.5 cm³/mol. The molecule has 0 saturated carbocycles. The molecule has 1 atom stereocenters. The highest BCUT2D eigenvalue weighted by Gasteiger charge is 2.14. The molecule has 0 aliphatic heterocycles. The lowest BCUT2D eigenvalue weighted by atomic mass is 10.2. The molecule has 0 bridgehead atoms. The molecule has 19 heavy (non-hydrogen) atoms. The van der Waals surface area contributed by atoms with E-state index < -0.39 is 0 Å². The lowest BCUT2D eigenvalue weighted by molar-refractivity contribution is 0.318. The summed E-state index contributed by atoms with van der Waals surface area (Å²) in [7, 11) is 0. The molecule has 0 aromatic heterocycles. The number of nitrogens with zero attached hydrogens (tertiary/aromatic N) is 1. The number of thioether (sulfide) groups is 2. The van der Waals surface area contributed by atoms with Gasteiger partial charge in [-0.3, -0.25) is 0 Å². The summed E-state index contributed by atoms with van der Waals surface area (Å²) in [4.78, 5) is 2.17. The van der Waals surface area contributed by atoms with Crippen LogP contribution in [0, 0.1) is 5.92 Å². The Hall–Kier alpha value is -0.810. The quantitative estimate of drug-likeness (QED) is 0.262. The maximum absolute atomic E-state index is 8.97. The van der Waals surface area contributed by atoms with Crippen LogP contribution in [0.2, 0.25) is 0 Å². The van der Waals surface area contributed by atoms with Gasteiger partial charge in [-0.25, -0.2) is 0 Å². The van der Waals surface area contributed by atoms with Crippen molar-refractivity contribution in [1.82, 2.24) is 0 Å². The van der Waals surface area contributed by atoms with Gasteiger partial charge in [0.15, 0.2) is 5.84 Å². The molecule has 0 heterocycles. The number of benzene rings is 1. The van der Waals surface area contributed by atoms with E-state index in [0.717, 1.165) is 33.3 Å². The first kappa shape index (κ1) is 16.2. The highest BCUT2D eigenvalue weighted by molar-refractivity contribution is 8.00. The predicted octanol–water partition coefficient (Wildman–Crippen LogP) is 4.03. The van der Waals surface area contributed by atoms with Crippen LogP contribution in [-0.2, 0) is 0 Å². The Balaban J connectivity index is 3.05. The fraction of sp³-hybridized carbons (Fsp3) is 0.500. The summed E-state index contributed by atoms with van der Waals surface area (Å²) >= 11 is 3.49. The fourth-order valence-electron chi connectivity index (χ4n) is 1.56. The summed E-state index contributed by atoms with van der Waals surface area (Å²) in [5.74, 6) is 2.86. The molecule has 3 nitrogen and oxygen atoms in total. The Morgan fingerprint density at radius 3 is 2.47 bits per heavy atom. The van der Waals surface area contributed by atoms with E-state index in [4.69, 9.17) is 10.9 Å². The summed E-state index contributed by atoms with van der Waals surface area (Å²) in [6, 6.07) is 6.10. The van der Waals surface area contributed by atoms with Crippen LogP contribution in [0.1, 0.15) is 32.8 Å². The van der Waals surface area contributed by atoms with E-state index in [2.05, 4.69) is 25.9 Å². The first-order chi connectivity index (χ1) is 9.13. The Labute approximate surface area is 124 Å². The minimum absolute atomic E-state index is 0.197. The third kappa shape index (κ3) is 4.66.